The van der Waals surface area contributed by atoms with Crippen molar-refractivity contribution in [3.05, 3.63) is 32.6 Å². The fraction of sp³-hybridized carbons (Fsp3) is 0.400. The van der Waals surface area contributed by atoms with E-state index in [1.165, 1.54) is 6.20 Å². The number of aromatic nitrogens is 2. The highest BCUT2D eigenvalue weighted by molar-refractivity contribution is 6.41. The first-order chi connectivity index (χ1) is 8.43. The molecule has 1 rings (SSSR count). The third-order valence-corrected chi connectivity index (χ3v) is 2.13. The maximum Gasteiger partial charge on any atom is 0.497 e. The molecule has 2 N–H and O–H groups in total. The second kappa shape index (κ2) is 6.19. The fourth-order valence-electron chi connectivity index (χ4n) is 1.31. The van der Waals surface area contributed by atoms with Crippen molar-refractivity contribution >= 4 is 7.19 Å². The van der Waals surface area contributed by atoms with Gasteiger partial charge in [-0.2, -0.15) is 0 Å². The molecular weight excluding hydrogens is 242 g/mol. The van der Waals surface area contributed by atoms with E-state index >= 15 is 0 Å². The first-order valence-corrected chi connectivity index (χ1v) is 5.22. The molecule has 8 heteroatoms. The molecule has 0 aliphatic rings. The number of aliphatic hydroxyl groups is 1. The number of nitrogens with one attached hydrogen (secondary N) is 1. The maximum absolute atomic E-state index is 12.4. The highest BCUT2D eigenvalue weighted by Crippen LogP contribution is 2.00. The van der Waals surface area contributed by atoms with E-state index in [4.69, 9.17) is 6.42 Å². The van der Waals surface area contributed by atoms with Crippen LogP contribution in [0.4, 0.5) is 4.32 Å². The van der Waals surface area contributed by atoms with Gasteiger partial charge in [-0.3, -0.25) is 18.7 Å². The Balaban J connectivity index is 2.77. The van der Waals surface area contributed by atoms with Gasteiger partial charge in [0.1, 0.15) is 11.9 Å². The number of terminal acetylenes is 1. The van der Waals surface area contributed by atoms with Gasteiger partial charge in [0.2, 0.25) is 0 Å². The molecule has 0 saturated heterocycles. The van der Waals surface area contributed by atoms with Crippen molar-refractivity contribution < 1.29 is 14.1 Å². The van der Waals surface area contributed by atoms with E-state index in [1.54, 1.807) is 0 Å². The summed E-state index contributed by atoms with van der Waals surface area (Å²) in [6, 6.07) is 0. The van der Waals surface area contributed by atoms with E-state index in [0.29, 0.717) is 0 Å². The first-order valence-electron chi connectivity index (χ1n) is 5.22. The molecule has 6 nitrogen and oxygen atoms in total. The quantitative estimate of drug-likeness (QED) is 0.414. The molecule has 0 bridgehead atoms. The van der Waals surface area contributed by atoms with E-state index in [-0.39, 0.29) is 18.5 Å². The molecule has 1 aromatic rings. The Morgan fingerprint density at radius 2 is 2.39 bits per heavy atom. The molecule has 0 aromatic carbocycles. The normalized spacial score (nSPS) is 11.9. The van der Waals surface area contributed by atoms with Gasteiger partial charge in [-0.25, -0.2) is 4.79 Å². The van der Waals surface area contributed by atoms with Crippen molar-refractivity contribution in [1.82, 2.24) is 9.55 Å². The van der Waals surface area contributed by atoms with Gasteiger partial charge in [-0.05, 0) is 6.82 Å². The highest BCUT2D eigenvalue weighted by atomic mass is 19.1. The predicted octanol–water partition coefficient (Wildman–Crippen LogP) is -0.669. The Bertz CT molecular complexity index is 560. The molecule has 0 aliphatic carbocycles. The second-order valence-corrected chi connectivity index (χ2v) is 3.56. The highest BCUT2D eigenvalue weighted by Gasteiger charge is 2.14. The zero-order chi connectivity index (χ0) is 13.7. The number of aliphatic hydroxyl groups excluding tert-OH is 1. The summed E-state index contributed by atoms with van der Waals surface area (Å²) < 4.78 is 18.0. The summed E-state index contributed by atoms with van der Waals surface area (Å²) in [6.45, 7) is 1.17. The van der Waals surface area contributed by atoms with Gasteiger partial charge >= 0.3 is 12.9 Å². The SMILES string of the molecule is C#Cc1cn(CC[C@@H](O)OB(C)F)c(=O)[nH]c1=O. The number of aromatic amines is 1. The molecule has 0 unspecified atom stereocenters. The minimum atomic E-state index is -1.60. The van der Waals surface area contributed by atoms with Crippen molar-refractivity contribution in [2.75, 3.05) is 0 Å². The van der Waals surface area contributed by atoms with Crippen molar-refractivity contribution in [3.8, 4) is 12.3 Å². The second-order valence-electron chi connectivity index (χ2n) is 3.56. The van der Waals surface area contributed by atoms with Gasteiger partial charge in [0.05, 0.1) is 0 Å². The zero-order valence-electron chi connectivity index (χ0n) is 9.72. The topological polar surface area (TPSA) is 84.3 Å². The van der Waals surface area contributed by atoms with E-state index in [0.717, 1.165) is 11.4 Å². The molecule has 18 heavy (non-hydrogen) atoms. The van der Waals surface area contributed by atoms with Crippen LogP contribution in [0.25, 0.3) is 0 Å². The molecule has 0 radical (unpaired) electrons. The number of halogens is 1. The molecular formula is C10H12BFN2O4. The minimum Gasteiger partial charge on any atom is -0.382 e. The van der Waals surface area contributed by atoms with Crippen molar-refractivity contribution in [1.29, 1.82) is 0 Å². The molecule has 96 valence electrons. The van der Waals surface area contributed by atoms with Gasteiger partial charge in [-0.15, -0.1) is 6.42 Å². The summed E-state index contributed by atoms with van der Waals surface area (Å²) in [5, 5.41) is 9.26. The van der Waals surface area contributed by atoms with Crippen molar-refractivity contribution in [3.63, 3.8) is 0 Å². The maximum atomic E-state index is 12.4. The molecule has 1 heterocycles. The Kier molecular flexibility index (Phi) is 4.89. The summed E-state index contributed by atoms with van der Waals surface area (Å²) in [5.74, 6) is 2.13. The smallest absolute Gasteiger partial charge is 0.382 e. The number of nitrogens with zero attached hydrogens (tertiary/aromatic N) is 1. The summed E-state index contributed by atoms with van der Waals surface area (Å²) in [7, 11) is -1.60. The van der Waals surface area contributed by atoms with E-state index in [2.05, 4.69) is 10.6 Å². The lowest BCUT2D eigenvalue weighted by Crippen LogP contribution is -2.32. The van der Waals surface area contributed by atoms with Gasteiger partial charge in [-0.1, -0.05) is 5.92 Å². The Morgan fingerprint density at radius 3 is 2.94 bits per heavy atom. The number of hydrogen-bond donors (Lipinski definition) is 2. The van der Waals surface area contributed by atoms with Gasteiger partial charge < -0.3 is 9.76 Å². The molecule has 1 aromatic heterocycles. The first kappa shape index (κ1) is 14.2. The molecule has 0 spiro atoms. The Labute approximate surface area is 103 Å². The average molecular weight is 254 g/mol. The van der Waals surface area contributed by atoms with Crippen LogP contribution in [0.5, 0.6) is 0 Å². The number of H-pyrrole nitrogens is 1. The van der Waals surface area contributed by atoms with Crippen LogP contribution in [0, 0.1) is 12.3 Å². The molecule has 0 saturated carbocycles. The number of rotatable bonds is 5. The average Bonchev–Trinajstić information content (AvgIpc) is 2.27. The van der Waals surface area contributed by atoms with Crippen LogP contribution in [-0.2, 0) is 11.2 Å². The predicted molar refractivity (Wildman–Crippen MR) is 63.7 cm³/mol. The Hall–Kier alpha value is -1.85. The standard InChI is InChI=1S/C10H12BFN2O4/c1-3-7-6-14(10(17)13-9(7)16)5-4-8(15)18-11(2)12/h1,6,8,15H,4-5H2,2H3,(H,13,16,17)/t8-/m0/s1. The van der Waals surface area contributed by atoms with Crippen LogP contribution in [0.1, 0.15) is 12.0 Å². The van der Waals surface area contributed by atoms with Crippen molar-refractivity contribution in [2.24, 2.45) is 0 Å². The van der Waals surface area contributed by atoms with E-state index < -0.39 is 24.7 Å². The number of hydrogen-bond acceptors (Lipinski definition) is 4. The molecule has 1 atom stereocenters. The van der Waals surface area contributed by atoms with Gasteiger partial charge in [0, 0.05) is 19.2 Å². The lowest BCUT2D eigenvalue weighted by Gasteiger charge is -2.12. The lowest BCUT2D eigenvalue weighted by atomic mass is 10.0. The summed E-state index contributed by atoms with van der Waals surface area (Å²) in [5.41, 5.74) is -1.30. The lowest BCUT2D eigenvalue weighted by molar-refractivity contribution is -0.0343. The van der Waals surface area contributed by atoms with Crippen LogP contribution in [0.15, 0.2) is 15.8 Å². The van der Waals surface area contributed by atoms with Crippen LogP contribution in [0.3, 0.4) is 0 Å². The number of aryl methyl sites for hydroxylation is 1. The van der Waals surface area contributed by atoms with Gasteiger partial charge in [0.15, 0.2) is 0 Å². The fourth-order valence-corrected chi connectivity index (χ4v) is 1.31. The van der Waals surface area contributed by atoms with E-state index in [1.807, 2.05) is 4.98 Å². The van der Waals surface area contributed by atoms with Crippen LogP contribution >= 0.6 is 0 Å². The molecule has 0 fully saturated rings. The summed E-state index contributed by atoms with van der Waals surface area (Å²) in [4.78, 5) is 24.6. The summed E-state index contributed by atoms with van der Waals surface area (Å²) in [6.07, 6.45) is 4.94. The van der Waals surface area contributed by atoms with Crippen LogP contribution < -0.4 is 11.2 Å². The largest absolute Gasteiger partial charge is 0.497 e. The monoisotopic (exact) mass is 254 g/mol. The van der Waals surface area contributed by atoms with Gasteiger partial charge in [0.25, 0.3) is 5.56 Å². The zero-order valence-corrected chi connectivity index (χ0v) is 9.72. The molecule has 0 amide bonds. The van der Waals surface area contributed by atoms with Crippen LogP contribution in [-0.4, -0.2) is 28.1 Å². The third-order valence-electron chi connectivity index (χ3n) is 2.13. The Morgan fingerprint density at radius 1 is 1.72 bits per heavy atom. The molecule has 0 aliphatic heterocycles. The van der Waals surface area contributed by atoms with E-state index in [9.17, 15) is 19.0 Å². The minimum absolute atomic E-state index is 0.00358. The van der Waals surface area contributed by atoms with Crippen LogP contribution in [0.2, 0.25) is 6.82 Å². The van der Waals surface area contributed by atoms with Crippen molar-refractivity contribution in [2.45, 2.75) is 26.1 Å². The third kappa shape index (κ3) is 3.87. The summed E-state index contributed by atoms with van der Waals surface area (Å²) >= 11 is 0.